The summed E-state index contributed by atoms with van der Waals surface area (Å²) in [4.78, 5) is 0. The van der Waals surface area contributed by atoms with Gasteiger partial charge >= 0.3 is 0 Å². The van der Waals surface area contributed by atoms with Gasteiger partial charge in [-0.3, -0.25) is 0 Å². The standard InChI is InChI=1S/C17H22O2/c1-3-5-7-9-11-13-15(18)17-16(19-17)14-12-10-8-6-4-2/h3-5,15-18H,2,6,8,10,12,14H2,1H3/b5-3+/t15-,16-,17-/m1/s1. The highest BCUT2D eigenvalue weighted by Crippen LogP contribution is 2.30. The maximum atomic E-state index is 9.76. The summed E-state index contributed by atoms with van der Waals surface area (Å²) in [5.74, 6) is 10.8. The van der Waals surface area contributed by atoms with E-state index in [1.165, 1.54) is 12.8 Å². The number of hydrogen-bond donors (Lipinski definition) is 1. The predicted octanol–water partition coefficient (Wildman–Crippen LogP) is 2.83. The van der Waals surface area contributed by atoms with Gasteiger partial charge in [-0.2, -0.15) is 0 Å². The van der Waals surface area contributed by atoms with Gasteiger partial charge in [0.05, 0.1) is 6.10 Å². The fourth-order valence-electron chi connectivity index (χ4n) is 1.83. The topological polar surface area (TPSA) is 32.8 Å². The Balaban J connectivity index is 2.14. The molecule has 0 spiro atoms. The summed E-state index contributed by atoms with van der Waals surface area (Å²) in [6.45, 7) is 5.60. The molecule has 0 aliphatic carbocycles. The average Bonchev–Trinajstić information content (AvgIpc) is 3.18. The summed E-state index contributed by atoms with van der Waals surface area (Å²) in [7, 11) is 0. The molecule has 1 fully saturated rings. The van der Waals surface area contributed by atoms with Gasteiger partial charge in [-0.05, 0) is 44.1 Å². The molecule has 19 heavy (non-hydrogen) atoms. The SMILES string of the molecule is C=CCCCCC[C@H]1O[C@@H]1[C@H](O)C#CC#C/C=C/C. The first-order valence-corrected chi connectivity index (χ1v) is 6.86. The molecule has 1 aliphatic heterocycles. The van der Waals surface area contributed by atoms with Crippen LogP contribution in [0.1, 0.15) is 39.0 Å². The Bertz CT molecular complexity index is 414. The van der Waals surface area contributed by atoms with Gasteiger partial charge in [-0.1, -0.05) is 36.8 Å². The molecule has 1 rings (SSSR count). The van der Waals surface area contributed by atoms with Crippen LogP contribution >= 0.6 is 0 Å². The molecule has 0 saturated carbocycles. The van der Waals surface area contributed by atoms with Crippen molar-refractivity contribution in [2.45, 2.75) is 57.3 Å². The molecular weight excluding hydrogens is 236 g/mol. The Hall–Kier alpha value is -1.48. The minimum atomic E-state index is -0.710. The monoisotopic (exact) mass is 258 g/mol. The van der Waals surface area contributed by atoms with Gasteiger partial charge in [0.15, 0.2) is 0 Å². The van der Waals surface area contributed by atoms with Crippen molar-refractivity contribution in [3.8, 4) is 23.7 Å². The van der Waals surface area contributed by atoms with E-state index in [1.807, 2.05) is 19.1 Å². The van der Waals surface area contributed by atoms with E-state index >= 15 is 0 Å². The Morgan fingerprint density at radius 3 is 2.89 bits per heavy atom. The van der Waals surface area contributed by atoms with E-state index < -0.39 is 6.10 Å². The van der Waals surface area contributed by atoms with Crippen LogP contribution in [-0.2, 0) is 4.74 Å². The first-order valence-electron chi connectivity index (χ1n) is 6.86. The summed E-state index contributed by atoms with van der Waals surface area (Å²) in [6.07, 6.45) is 10.5. The van der Waals surface area contributed by atoms with E-state index in [1.54, 1.807) is 6.08 Å². The molecule has 0 bridgehead atoms. The lowest BCUT2D eigenvalue weighted by molar-refractivity contribution is 0.185. The van der Waals surface area contributed by atoms with E-state index in [2.05, 4.69) is 30.3 Å². The van der Waals surface area contributed by atoms with E-state index in [0.29, 0.717) is 0 Å². The van der Waals surface area contributed by atoms with Crippen LogP contribution in [0.5, 0.6) is 0 Å². The molecule has 0 unspecified atom stereocenters. The van der Waals surface area contributed by atoms with Crippen molar-refractivity contribution >= 4 is 0 Å². The number of unbranched alkanes of at least 4 members (excludes halogenated alkanes) is 3. The summed E-state index contributed by atoms with van der Waals surface area (Å²) >= 11 is 0. The molecule has 0 amide bonds. The molecule has 3 atom stereocenters. The van der Waals surface area contributed by atoms with Crippen molar-refractivity contribution in [1.29, 1.82) is 0 Å². The summed E-state index contributed by atoms with van der Waals surface area (Å²) in [5, 5.41) is 9.76. The zero-order valence-corrected chi connectivity index (χ0v) is 11.6. The summed E-state index contributed by atoms with van der Waals surface area (Å²) < 4.78 is 5.43. The lowest BCUT2D eigenvalue weighted by Gasteiger charge is -1.98. The highest BCUT2D eigenvalue weighted by atomic mass is 16.6. The van der Waals surface area contributed by atoms with Crippen LogP contribution in [0.25, 0.3) is 0 Å². The second-order valence-electron chi connectivity index (χ2n) is 4.55. The third-order valence-corrected chi connectivity index (χ3v) is 2.93. The van der Waals surface area contributed by atoms with Gasteiger partial charge in [-0.15, -0.1) is 6.58 Å². The van der Waals surface area contributed by atoms with Crippen LogP contribution in [0.15, 0.2) is 24.8 Å². The first-order chi connectivity index (χ1) is 9.29. The Kier molecular flexibility index (Phi) is 7.75. The van der Waals surface area contributed by atoms with Gasteiger partial charge in [-0.25, -0.2) is 0 Å². The number of epoxide rings is 1. The third kappa shape index (κ3) is 6.87. The Morgan fingerprint density at radius 2 is 2.16 bits per heavy atom. The van der Waals surface area contributed by atoms with Crippen molar-refractivity contribution in [2.75, 3.05) is 0 Å². The fourth-order valence-corrected chi connectivity index (χ4v) is 1.83. The molecule has 2 nitrogen and oxygen atoms in total. The molecule has 0 aromatic rings. The van der Waals surface area contributed by atoms with Gasteiger partial charge in [0.1, 0.15) is 12.2 Å². The molecule has 0 aromatic heterocycles. The largest absolute Gasteiger partial charge is 0.377 e. The van der Waals surface area contributed by atoms with Crippen molar-refractivity contribution in [2.24, 2.45) is 0 Å². The molecule has 102 valence electrons. The lowest BCUT2D eigenvalue weighted by Crippen LogP contribution is -2.14. The second-order valence-corrected chi connectivity index (χ2v) is 4.55. The number of ether oxygens (including phenoxy) is 1. The quantitative estimate of drug-likeness (QED) is 0.330. The zero-order chi connectivity index (χ0) is 13.9. The lowest BCUT2D eigenvalue weighted by atomic mass is 10.1. The Morgan fingerprint density at radius 1 is 1.32 bits per heavy atom. The molecule has 2 heteroatoms. The van der Waals surface area contributed by atoms with Crippen molar-refractivity contribution in [3.63, 3.8) is 0 Å². The maximum Gasteiger partial charge on any atom is 0.144 e. The van der Waals surface area contributed by atoms with E-state index in [-0.39, 0.29) is 12.2 Å². The van der Waals surface area contributed by atoms with E-state index in [0.717, 1.165) is 19.3 Å². The van der Waals surface area contributed by atoms with Gasteiger partial charge in [0.2, 0.25) is 0 Å². The molecule has 1 saturated heterocycles. The van der Waals surface area contributed by atoms with Crippen LogP contribution in [0.3, 0.4) is 0 Å². The van der Waals surface area contributed by atoms with E-state index in [9.17, 15) is 5.11 Å². The normalized spacial score (nSPS) is 22.0. The number of hydrogen-bond acceptors (Lipinski definition) is 2. The van der Waals surface area contributed by atoms with Crippen LogP contribution in [0, 0.1) is 23.7 Å². The maximum absolute atomic E-state index is 9.76. The highest BCUT2D eigenvalue weighted by Gasteiger charge is 2.42. The van der Waals surface area contributed by atoms with Crippen molar-refractivity contribution in [3.05, 3.63) is 24.8 Å². The minimum Gasteiger partial charge on any atom is -0.377 e. The molecular formula is C17H22O2. The minimum absolute atomic E-state index is 0.115. The number of allylic oxidation sites excluding steroid dienone is 3. The fraction of sp³-hybridized carbons (Fsp3) is 0.529. The van der Waals surface area contributed by atoms with Crippen LogP contribution in [-0.4, -0.2) is 23.4 Å². The number of aliphatic hydroxyl groups is 1. The smallest absolute Gasteiger partial charge is 0.144 e. The number of aliphatic hydroxyl groups excluding tert-OH is 1. The van der Waals surface area contributed by atoms with Gasteiger partial charge in [0.25, 0.3) is 0 Å². The Labute approximate surface area is 116 Å². The second kappa shape index (κ2) is 9.45. The first kappa shape index (κ1) is 15.6. The predicted molar refractivity (Wildman–Crippen MR) is 78.3 cm³/mol. The molecule has 1 N–H and O–H groups in total. The average molecular weight is 258 g/mol. The van der Waals surface area contributed by atoms with Crippen molar-refractivity contribution < 1.29 is 9.84 Å². The highest BCUT2D eigenvalue weighted by molar-refractivity contribution is 5.32. The molecule has 1 heterocycles. The summed E-state index contributed by atoms with van der Waals surface area (Å²) in [6, 6.07) is 0. The van der Waals surface area contributed by atoms with E-state index in [4.69, 9.17) is 4.74 Å². The van der Waals surface area contributed by atoms with Crippen LogP contribution in [0.4, 0.5) is 0 Å². The van der Waals surface area contributed by atoms with Crippen molar-refractivity contribution in [1.82, 2.24) is 0 Å². The number of rotatable bonds is 7. The molecule has 0 aromatic carbocycles. The zero-order valence-electron chi connectivity index (χ0n) is 11.6. The third-order valence-electron chi connectivity index (χ3n) is 2.93. The van der Waals surface area contributed by atoms with Crippen LogP contribution in [0.2, 0.25) is 0 Å². The molecule has 1 aliphatic rings. The van der Waals surface area contributed by atoms with Gasteiger partial charge in [0, 0.05) is 0 Å². The summed E-state index contributed by atoms with van der Waals surface area (Å²) in [5.41, 5.74) is 0. The van der Waals surface area contributed by atoms with Gasteiger partial charge < -0.3 is 9.84 Å². The van der Waals surface area contributed by atoms with Crippen LogP contribution < -0.4 is 0 Å². The molecule has 0 radical (unpaired) electrons.